The zero-order valence-electron chi connectivity index (χ0n) is 26.4. The summed E-state index contributed by atoms with van der Waals surface area (Å²) in [6, 6.07) is 30.0. The Morgan fingerprint density at radius 2 is 0.729 bits per heavy atom. The van der Waals surface area contributed by atoms with Crippen LogP contribution in [0.25, 0.3) is 0 Å². The smallest absolute Gasteiger partial charge is 0.378 e. The first-order valence-electron chi connectivity index (χ1n) is 15.2. The van der Waals surface area contributed by atoms with Crippen LogP contribution in [0.1, 0.15) is 16.7 Å². The molecule has 0 N–H and O–H groups in total. The van der Waals surface area contributed by atoms with Crippen LogP contribution in [-0.4, -0.2) is 90.1 Å². The molecule has 3 aromatic carbocycles. The molecule has 0 atom stereocenters. The Morgan fingerprint density at radius 1 is 0.458 bits per heavy atom. The lowest BCUT2D eigenvalue weighted by molar-refractivity contribution is -0.0449. The zero-order chi connectivity index (χ0) is 33.7. The van der Waals surface area contributed by atoms with E-state index in [4.69, 9.17) is 14.2 Å². The topological polar surface area (TPSA) is 88.6 Å². The molecule has 1 aliphatic rings. The standard InChI is InChI=1S/C33H39N3O6S6/c37-31(46-43-22-28-10-4-1-5-11-28)40-19-16-34-25-35(17-20-41-32(38)47-44-23-29-12-6-2-7-13-29)27-36(26-34)18-21-42-33(39)48-45-24-30-14-8-3-9-15-30/h1-15H,16-27H2. The monoisotopic (exact) mass is 765 g/mol. The number of nitrogens with zero attached hydrogens (tertiary/aromatic N) is 3. The highest BCUT2D eigenvalue weighted by atomic mass is 33.1. The van der Waals surface area contributed by atoms with Gasteiger partial charge in [0.1, 0.15) is 19.8 Å². The summed E-state index contributed by atoms with van der Waals surface area (Å²) >= 11 is 0. The van der Waals surface area contributed by atoms with Crippen LogP contribution < -0.4 is 0 Å². The van der Waals surface area contributed by atoms with E-state index < -0.39 is 0 Å². The first-order chi connectivity index (χ1) is 23.5. The number of carbonyl (C=O) groups excluding carboxylic acids is 3. The highest BCUT2D eigenvalue weighted by molar-refractivity contribution is 8.82. The van der Waals surface area contributed by atoms with Crippen LogP contribution in [0, 0.1) is 0 Å². The molecular formula is C33H39N3O6S6. The van der Waals surface area contributed by atoms with Crippen LogP contribution in [0.4, 0.5) is 14.4 Å². The van der Waals surface area contributed by atoms with E-state index in [0.29, 0.717) is 39.6 Å². The molecule has 0 unspecified atom stereocenters. The van der Waals surface area contributed by atoms with Crippen molar-refractivity contribution in [3.63, 3.8) is 0 Å². The molecule has 0 bridgehead atoms. The number of benzene rings is 3. The summed E-state index contributed by atoms with van der Waals surface area (Å²) in [6.45, 7) is 4.28. The van der Waals surface area contributed by atoms with Crippen molar-refractivity contribution in [3.05, 3.63) is 108 Å². The Balaban J connectivity index is 1.16. The third kappa shape index (κ3) is 16.6. The van der Waals surface area contributed by atoms with Crippen LogP contribution in [0.2, 0.25) is 0 Å². The fourth-order valence-electron chi connectivity index (χ4n) is 4.41. The summed E-state index contributed by atoms with van der Waals surface area (Å²) in [4.78, 5) is 43.4. The highest BCUT2D eigenvalue weighted by Gasteiger charge is 2.24. The van der Waals surface area contributed by atoms with Crippen molar-refractivity contribution in [1.29, 1.82) is 0 Å². The summed E-state index contributed by atoms with van der Waals surface area (Å²) < 4.78 is 16.5. The lowest BCUT2D eigenvalue weighted by atomic mass is 10.2. The number of hydrogen-bond acceptors (Lipinski definition) is 15. The first-order valence-corrected chi connectivity index (χ1v) is 22.2. The number of rotatable bonds is 18. The van der Waals surface area contributed by atoms with Gasteiger partial charge in [0, 0.05) is 69.3 Å². The van der Waals surface area contributed by atoms with Crippen LogP contribution >= 0.6 is 64.8 Å². The molecule has 1 fully saturated rings. The molecule has 258 valence electrons. The minimum Gasteiger partial charge on any atom is -0.456 e. The maximum atomic E-state index is 12.3. The van der Waals surface area contributed by atoms with Gasteiger partial charge in [-0.05, 0) is 16.7 Å². The lowest BCUT2D eigenvalue weighted by Gasteiger charge is -2.42. The molecule has 4 rings (SSSR count). The van der Waals surface area contributed by atoms with Gasteiger partial charge in [-0.1, -0.05) is 123 Å². The summed E-state index contributed by atoms with van der Waals surface area (Å²) in [7, 11) is 7.68. The van der Waals surface area contributed by atoms with Crippen LogP contribution in [-0.2, 0) is 31.5 Å². The average molecular weight is 766 g/mol. The molecule has 9 nitrogen and oxygen atoms in total. The second kappa shape index (κ2) is 23.5. The van der Waals surface area contributed by atoms with E-state index in [2.05, 4.69) is 14.7 Å². The summed E-state index contributed by atoms with van der Waals surface area (Å²) in [5.74, 6) is 2.17. The van der Waals surface area contributed by atoms with Crippen molar-refractivity contribution >= 4 is 80.7 Å². The molecule has 0 spiro atoms. The zero-order valence-corrected chi connectivity index (χ0v) is 31.3. The average Bonchev–Trinajstić information content (AvgIpc) is 3.10. The van der Waals surface area contributed by atoms with Gasteiger partial charge in [-0.3, -0.25) is 14.7 Å². The molecule has 0 aliphatic carbocycles. The van der Waals surface area contributed by atoms with Gasteiger partial charge in [0.15, 0.2) is 0 Å². The van der Waals surface area contributed by atoms with Crippen LogP contribution in [0.15, 0.2) is 91.0 Å². The Bertz CT molecular complexity index is 1190. The van der Waals surface area contributed by atoms with Crippen molar-refractivity contribution in [1.82, 2.24) is 14.7 Å². The van der Waals surface area contributed by atoms with E-state index in [1.165, 1.54) is 32.4 Å². The van der Waals surface area contributed by atoms with Crippen LogP contribution in [0.3, 0.4) is 0 Å². The predicted octanol–water partition coefficient (Wildman–Crippen LogP) is 8.93. The van der Waals surface area contributed by atoms with E-state index in [1.807, 2.05) is 91.0 Å². The van der Waals surface area contributed by atoms with Crippen molar-refractivity contribution in [3.8, 4) is 0 Å². The van der Waals surface area contributed by atoms with E-state index in [1.54, 1.807) is 0 Å². The SMILES string of the molecule is O=C(OCCN1CN(CCOC(=O)SSCc2ccccc2)CN(CCOC(=O)SSCc2ccccc2)C1)SSCc1ccccc1. The highest BCUT2D eigenvalue weighted by Crippen LogP contribution is 2.29. The molecule has 48 heavy (non-hydrogen) atoms. The fourth-order valence-corrected chi connectivity index (χ4v) is 9.31. The summed E-state index contributed by atoms with van der Waals surface area (Å²) in [5.41, 5.74) is 3.46. The quantitative estimate of drug-likeness (QED) is 0.0701. The van der Waals surface area contributed by atoms with Gasteiger partial charge < -0.3 is 14.2 Å². The fraction of sp³-hybridized carbons (Fsp3) is 0.364. The van der Waals surface area contributed by atoms with E-state index in [0.717, 1.165) is 66.3 Å². The number of ether oxygens (including phenoxy) is 3. The minimum atomic E-state index is -0.314. The van der Waals surface area contributed by atoms with Crippen molar-refractivity contribution in [2.24, 2.45) is 0 Å². The molecule has 0 amide bonds. The molecular weight excluding hydrogens is 727 g/mol. The van der Waals surface area contributed by atoms with E-state index >= 15 is 0 Å². The van der Waals surface area contributed by atoms with Gasteiger partial charge in [0.2, 0.25) is 0 Å². The van der Waals surface area contributed by atoms with Crippen molar-refractivity contribution in [2.45, 2.75) is 17.3 Å². The van der Waals surface area contributed by atoms with Crippen molar-refractivity contribution < 1.29 is 28.6 Å². The largest absolute Gasteiger partial charge is 0.456 e. The number of carbonyl (C=O) groups is 3. The van der Waals surface area contributed by atoms with E-state index in [9.17, 15) is 14.4 Å². The minimum absolute atomic E-state index is 0.258. The molecule has 3 aromatic rings. The third-order valence-electron chi connectivity index (χ3n) is 6.67. The third-order valence-corrected chi connectivity index (χ3v) is 12.5. The Labute approximate surface area is 306 Å². The first kappa shape index (κ1) is 38.8. The summed E-state index contributed by atoms with van der Waals surface area (Å²) in [5, 5.41) is -0.942. The van der Waals surface area contributed by atoms with Gasteiger partial charge in [0.05, 0.1) is 20.0 Å². The van der Waals surface area contributed by atoms with Crippen molar-refractivity contribution in [2.75, 3.05) is 59.5 Å². The maximum Gasteiger partial charge on any atom is 0.378 e. The number of hydrogen-bond donors (Lipinski definition) is 0. The predicted molar refractivity (Wildman–Crippen MR) is 205 cm³/mol. The van der Waals surface area contributed by atoms with Gasteiger partial charge >= 0.3 is 15.9 Å². The Hall–Kier alpha value is -1.95. The molecule has 0 radical (unpaired) electrons. The molecule has 1 saturated heterocycles. The van der Waals surface area contributed by atoms with Gasteiger partial charge in [-0.2, -0.15) is 0 Å². The van der Waals surface area contributed by atoms with Gasteiger partial charge in [-0.15, -0.1) is 0 Å². The molecule has 0 aromatic heterocycles. The molecule has 1 aliphatic heterocycles. The van der Waals surface area contributed by atoms with Gasteiger partial charge in [0.25, 0.3) is 0 Å². The molecule has 1 heterocycles. The van der Waals surface area contributed by atoms with Crippen LogP contribution in [0.5, 0.6) is 0 Å². The molecule has 0 saturated carbocycles. The molecule has 15 heteroatoms. The van der Waals surface area contributed by atoms with E-state index in [-0.39, 0.29) is 35.7 Å². The van der Waals surface area contributed by atoms with Gasteiger partial charge in [-0.25, -0.2) is 14.4 Å². The summed E-state index contributed by atoms with van der Waals surface area (Å²) in [6.07, 6.45) is 0. The maximum absolute atomic E-state index is 12.3. The Kier molecular flexibility index (Phi) is 19.0. The normalized spacial score (nSPS) is 14.0. The second-order valence-corrected chi connectivity index (χ2v) is 17.1. The Morgan fingerprint density at radius 3 is 1.00 bits per heavy atom. The lowest BCUT2D eigenvalue weighted by Crippen LogP contribution is -2.56. The second-order valence-electron chi connectivity index (χ2n) is 10.4.